The van der Waals surface area contributed by atoms with Gasteiger partial charge in [0.1, 0.15) is 11.5 Å². The van der Waals surface area contributed by atoms with Crippen LogP contribution in [0.2, 0.25) is 0 Å². The number of hydrogen-bond donors (Lipinski definition) is 1. The van der Waals surface area contributed by atoms with Crippen LogP contribution in [0.25, 0.3) is 0 Å². The van der Waals surface area contributed by atoms with Crippen molar-refractivity contribution in [2.75, 3.05) is 13.7 Å². The molecule has 0 aliphatic carbocycles. The van der Waals surface area contributed by atoms with Crippen LogP contribution in [0.3, 0.4) is 0 Å². The average Bonchev–Trinajstić information content (AvgIpc) is 2.53. The second-order valence-corrected chi connectivity index (χ2v) is 5.59. The first-order valence-electron chi connectivity index (χ1n) is 7.58. The Morgan fingerprint density at radius 2 is 1.74 bits per heavy atom. The van der Waals surface area contributed by atoms with Crippen molar-refractivity contribution in [1.82, 2.24) is 0 Å². The second-order valence-electron chi connectivity index (χ2n) is 5.59. The minimum absolute atomic E-state index is 0.330. The fourth-order valence-electron chi connectivity index (χ4n) is 2.47. The monoisotopic (exact) mass is 314 g/mol. The molecule has 0 saturated carbocycles. The second kappa shape index (κ2) is 7.68. The zero-order valence-electron chi connectivity index (χ0n) is 13.7. The van der Waals surface area contributed by atoms with Gasteiger partial charge < -0.3 is 14.6 Å². The van der Waals surface area contributed by atoms with E-state index in [4.69, 9.17) is 9.47 Å². The number of carbonyl (C=O) groups is 1. The highest BCUT2D eigenvalue weighted by Gasteiger charge is 2.23. The Labute approximate surface area is 136 Å². The summed E-state index contributed by atoms with van der Waals surface area (Å²) >= 11 is 0. The third-order valence-electron chi connectivity index (χ3n) is 3.75. The van der Waals surface area contributed by atoms with Crippen LogP contribution in [0.5, 0.6) is 11.5 Å². The third-order valence-corrected chi connectivity index (χ3v) is 3.75. The van der Waals surface area contributed by atoms with Crippen LogP contribution < -0.4 is 9.47 Å². The Kier molecular flexibility index (Phi) is 5.63. The Hall–Kier alpha value is -2.49. The van der Waals surface area contributed by atoms with Gasteiger partial charge in [0.2, 0.25) is 0 Å². The quantitative estimate of drug-likeness (QED) is 0.840. The number of ether oxygens (including phenoxy) is 2. The van der Waals surface area contributed by atoms with Crippen molar-refractivity contribution in [3.8, 4) is 11.5 Å². The summed E-state index contributed by atoms with van der Waals surface area (Å²) in [5.74, 6) is -0.189. The zero-order valence-corrected chi connectivity index (χ0v) is 13.7. The molecule has 1 atom stereocenters. The lowest BCUT2D eigenvalue weighted by Gasteiger charge is -2.17. The molecule has 4 nitrogen and oxygen atoms in total. The number of rotatable bonds is 7. The van der Waals surface area contributed by atoms with Gasteiger partial charge in [-0.1, -0.05) is 35.4 Å². The minimum atomic E-state index is -0.874. The fraction of sp³-hybridized carbons (Fsp3) is 0.316. The van der Waals surface area contributed by atoms with E-state index in [1.54, 1.807) is 13.2 Å². The number of aryl methyl sites for hydroxylation is 2. The van der Waals surface area contributed by atoms with Gasteiger partial charge in [-0.15, -0.1) is 0 Å². The van der Waals surface area contributed by atoms with E-state index in [0.717, 1.165) is 16.9 Å². The lowest BCUT2D eigenvalue weighted by molar-refractivity contribution is -0.139. The van der Waals surface area contributed by atoms with E-state index in [1.165, 1.54) is 0 Å². The van der Waals surface area contributed by atoms with E-state index >= 15 is 0 Å². The first-order chi connectivity index (χ1) is 11.0. The first kappa shape index (κ1) is 16.9. The highest BCUT2D eigenvalue weighted by molar-refractivity contribution is 5.77. The van der Waals surface area contributed by atoms with Crippen molar-refractivity contribution >= 4 is 5.97 Å². The van der Waals surface area contributed by atoms with E-state index in [0.29, 0.717) is 24.3 Å². The van der Waals surface area contributed by atoms with Crippen molar-refractivity contribution in [2.24, 2.45) is 0 Å². The molecule has 122 valence electrons. The molecule has 0 saturated heterocycles. The molecule has 0 fully saturated rings. The summed E-state index contributed by atoms with van der Waals surface area (Å²) in [7, 11) is 1.55. The Bertz CT molecular complexity index is 662. The topological polar surface area (TPSA) is 55.8 Å². The van der Waals surface area contributed by atoms with Crippen molar-refractivity contribution < 1.29 is 19.4 Å². The van der Waals surface area contributed by atoms with Crippen LogP contribution in [0.1, 0.15) is 29.0 Å². The summed E-state index contributed by atoms with van der Waals surface area (Å²) in [5, 5.41) is 9.56. The number of hydrogen-bond acceptors (Lipinski definition) is 3. The highest BCUT2D eigenvalue weighted by Crippen LogP contribution is 2.30. The maximum atomic E-state index is 11.7. The molecular weight excluding hydrogens is 292 g/mol. The van der Waals surface area contributed by atoms with Crippen LogP contribution in [0, 0.1) is 13.8 Å². The predicted octanol–water partition coefficient (Wildman–Crippen LogP) is 3.95. The molecule has 23 heavy (non-hydrogen) atoms. The molecular formula is C19H22O4. The summed E-state index contributed by atoms with van der Waals surface area (Å²) in [4.78, 5) is 11.7. The van der Waals surface area contributed by atoms with Gasteiger partial charge in [0.25, 0.3) is 0 Å². The van der Waals surface area contributed by atoms with E-state index < -0.39 is 11.9 Å². The highest BCUT2D eigenvalue weighted by atomic mass is 16.5. The standard InChI is InChI=1S/C19H22O4/c1-13-4-7-15(8-5-13)23-11-10-16(19(20)21)17-12-14(2)6-9-18(17)22-3/h4-9,12,16H,10-11H2,1-3H3,(H,20,21). The van der Waals surface area contributed by atoms with Gasteiger partial charge in [-0.2, -0.15) is 0 Å². The van der Waals surface area contributed by atoms with Crippen LogP contribution >= 0.6 is 0 Å². The lowest BCUT2D eigenvalue weighted by Crippen LogP contribution is -2.16. The molecule has 4 heteroatoms. The minimum Gasteiger partial charge on any atom is -0.496 e. The van der Waals surface area contributed by atoms with E-state index in [9.17, 15) is 9.90 Å². The maximum absolute atomic E-state index is 11.7. The lowest BCUT2D eigenvalue weighted by atomic mass is 9.94. The number of carboxylic acids is 1. The molecule has 2 aromatic rings. The summed E-state index contributed by atoms with van der Waals surface area (Å²) < 4.78 is 11.0. The van der Waals surface area contributed by atoms with Crippen LogP contribution in [0.4, 0.5) is 0 Å². The zero-order chi connectivity index (χ0) is 16.8. The Morgan fingerprint density at radius 3 is 2.35 bits per heavy atom. The molecule has 0 aliphatic rings. The van der Waals surface area contributed by atoms with Crippen molar-refractivity contribution in [3.05, 3.63) is 59.2 Å². The van der Waals surface area contributed by atoms with E-state index in [2.05, 4.69) is 0 Å². The summed E-state index contributed by atoms with van der Waals surface area (Å²) in [6.07, 6.45) is 0.378. The molecule has 0 aromatic heterocycles. The fourth-order valence-corrected chi connectivity index (χ4v) is 2.47. The predicted molar refractivity (Wildman–Crippen MR) is 89.4 cm³/mol. The molecule has 2 rings (SSSR count). The molecule has 0 bridgehead atoms. The van der Waals surface area contributed by atoms with Crippen LogP contribution in [-0.4, -0.2) is 24.8 Å². The Morgan fingerprint density at radius 1 is 1.09 bits per heavy atom. The molecule has 0 heterocycles. The van der Waals surface area contributed by atoms with Crippen molar-refractivity contribution in [3.63, 3.8) is 0 Å². The van der Waals surface area contributed by atoms with Gasteiger partial charge in [-0.3, -0.25) is 4.79 Å². The van der Waals surface area contributed by atoms with Gasteiger partial charge in [0.05, 0.1) is 19.6 Å². The molecule has 0 radical (unpaired) electrons. The molecule has 0 amide bonds. The SMILES string of the molecule is COc1ccc(C)cc1C(CCOc1ccc(C)cc1)C(=O)O. The first-order valence-corrected chi connectivity index (χ1v) is 7.58. The number of methoxy groups -OCH3 is 1. The molecule has 0 spiro atoms. The van der Waals surface area contributed by atoms with Crippen molar-refractivity contribution in [1.29, 1.82) is 0 Å². The molecule has 1 N–H and O–H groups in total. The summed E-state index contributed by atoms with van der Waals surface area (Å²) in [6.45, 7) is 4.27. The summed E-state index contributed by atoms with van der Waals surface area (Å²) in [5.41, 5.74) is 2.85. The van der Waals surface area contributed by atoms with Gasteiger partial charge in [0, 0.05) is 5.56 Å². The number of carboxylic acid groups (broad SMARTS) is 1. The molecule has 2 aromatic carbocycles. The largest absolute Gasteiger partial charge is 0.496 e. The number of benzene rings is 2. The van der Waals surface area contributed by atoms with Gasteiger partial charge in [0.15, 0.2) is 0 Å². The van der Waals surface area contributed by atoms with E-state index in [1.807, 2.05) is 50.2 Å². The molecule has 0 aliphatic heterocycles. The van der Waals surface area contributed by atoms with Crippen LogP contribution in [-0.2, 0) is 4.79 Å². The normalized spacial score (nSPS) is 11.8. The smallest absolute Gasteiger partial charge is 0.311 e. The molecule has 1 unspecified atom stereocenters. The van der Waals surface area contributed by atoms with E-state index in [-0.39, 0.29) is 0 Å². The Balaban J connectivity index is 2.09. The third kappa shape index (κ3) is 4.49. The summed E-state index contributed by atoms with van der Waals surface area (Å²) in [6, 6.07) is 13.3. The van der Waals surface area contributed by atoms with Gasteiger partial charge >= 0.3 is 5.97 Å². The van der Waals surface area contributed by atoms with Crippen LogP contribution in [0.15, 0.2) is 42.5 Å². The average molecular weight is 314 g/mol. The maximum Gasteiger partial charge on any atom is 0.311 e. The van der Waals surface area contributed by atoms with Crippen molar-refractivity contribution in [2.45, 2.75) is 26.2 Å². The number of aliphatic carboxylic acids is 1. The van der Waals surface area contributed by atoms with Gasteiger partial charge in [-0.05, 0) is 38.5 Å². The van der Waals surface area contributed by atoms with Gasteiger partial charge in [-0.25, -0.2) is 0 Å².